The molecule has 4 rings (SSSR count). The second-order valence-electron chi connectivity index (χ2n) is 6.77. The van der Waals surface area contributed by atoms with Gasteiger partial charge >= 0.3 is 0 Å². The Labute approximate surface area is 158 Å². The number of amides is 1. The molecule has 0 saturated heterocycles. The molecule has 4 heterocycles. The van der Waals surface area contributed by atoms with E-state index < -0.39 is 0 Å². The molecule has 0 saturated carbocycles. The number of nitrogens with zero attached hydrogens (tertiary/aromatic N) is 4. The molecule has 1 unspecified atom stereocenters. The second kappa shape index (κ2) is 7.61. The highest BCUT2D eigenvalue weighted by Gasteiger charge is 2.28. The van der Waals surface area contributed by atoms with Crippen LogP contribution in [0, 0.1) is 6.92 Å². The third kappa shape index (κ3) is 3.84. The van der Waals surface area contributed by atoms with Gasteiger partial charge in [-0.1, -0.05) is 6.07 Å². The van der Waals surface area contributed by atoms with Crippen molar-refractivity contribution in [3.8, 4) is 5.88 Å². The van der Waals surface area contributed by atoms with Crippen molar-refractivity contribution in [1.29, 1.82) is 0 Å². The zero-order valence-corrected chi connectivity index (χ0v) is 15.3. The van der Waals surface area contributed by atoms with Crippen LogP contribution >= 0.6 is 0 Å². The SMILES string of the molecule is Cc1ccnc(C(=O)N2Cc3cccn3C(CCOc3ccccn3)C2)c1. The Hall–Kier alpha value is -3.15. The van der Waals surface area contributed by atoms with E-state index in [0.717, 1.165) is 17.7 Å². The summed E-state index contributed by atoms with van der Waals surface area (Å²) in [6.07, 6.45) is 6.28. The van der Waals surface area contributed by atoms with E-state index in [1.165, 1.54) is 0 Å². The van der Waals surface area contributed by atoms with Crippen molar-refractivity contribution in [2.45, 2.75) is 25.9 Å². The molecule has 1 atom stereocenters. The molecule has 6 heteroatoms. The number of aromatic nitrogens is 3. The van der Waals surface area contributed by atoms with Gasteiger partial charge in [0.2, 0.25) is 5.88 Å². The van der Waals surface area contributed by atoms with E-state index in [0.29, 0.717) is 31.3 Å². The van der Waals surface area contributed by atoms with Crippen LogP contribution in [0.2, 0.25) is 0 Å². The summed E-state index contributed by atoms with van der Waals surface area (Å²) >= 11 is 0. The molecule has 0 aromatic carbocycles. The zero-order valence-electron chi connectivity index (χ0n) is 15.3. The van der Waals surface area contributed by atoms with E-state index in [1.54, 1.807) is 12.4 Å². The normalized spacial score (nSPS) is 16.0. The highest BCUT2D eigenvalue weighted by Crippen LogP contribution is 2.25. The summed E-state index contributed by atoms with van der Waals surface area (Å²) < 4.78 is 8.00. The van der Waals surface area contributed by atoms with Crippen LogP contribution in [0.15, 0.2) is 61.1 Å². The van der Waals surface area contributed by atoms with Crippen molar-refractivity contribution in [2.75, 3.05) is 13.2 Å². The molecular formula is C21H22N4O2. The van der Waals surface area contributed by atoms with Gasteiger partial charge in [0.1, 0.15) is 5.69 Å². The Balaban J connectivity index is 1.46. The Bertz CT molecular complexity index is 923. The first-order valence-electron chi connectivity index (χ1n) is 9.12. The maximum atomic E-state index is 12.9. The molecule has 1 aliphatic rings. The Morgan fingerprint density at radius 3 is 2.93 bits per heavy atom. The fraction of sp³-hybridized carbons (Fsp3) is 0.286. The van der Waals surface area contributed by atoms with Crippen molar-refractivity contribution in [3.05, 3.63) is 78.0 Å². The van der Waals surface area contributed by atoms with Gasteiger partial charge in [-0.25, -0.2) is 4.98 Å². The summed E-state index contributed by atoms with van der Waals surface area (Å²) in [6, 6.07) is 13.6. The van der Waals surface area contributed by atoms with Crippen LogP contribution in [0.1, 0.15) is 34.2 Å². The quantitative estimate of drug-likeness (QED) is 0.699. The number of pyridine rings is 2. The number of aryl methyl sites for hydroxylation is 1. The van der Waals surface area contributed by atoms with E-state index in [-0.39, 0.29) is 11.9 Å². The van der Waals surface area contributed by atoms with Crippen molar-refractivity contribution in [2.24, 2.45) is 0 Å². The highest BCUT2D eigenvalue weighted by molar-refractivity contribution is 5.92. The van der Waals surface area contributed by atoms with Gasteiger partial charge in [0.15, 0.2) is 0 Å². The number of carbonyl (C=O) groups excluding carboxylic acids is 1. The summed E-state index contributed by atoms with van der Waals surface area (Å²) in [4.78, 5) is 23.3. The Morgan fingerprint density at radius 1 is 1.19 bits per heavy atom. The minimum atomic E-state index is -0.0261. The summed E-state index contributed by atoms with van der Waals surface area (Å²) in [5.41, 5.74) is 2.66. The number of carbonyl (C=O) groups is 1. The third-order valence-electron chi connectivity index (χ3n) is 4.80. The Kier molecular flexibility index (Phi) is 4.87. The molecule has 3 aromatic rings. The summed E-state index contributed by atoms with van der Waals surface area (Å²) in [5.74, 6) is 0.597. The lowest BCUT2D eigenvalue weighted by molar-refractivity contribution is 0.0659. The number of hydrogen-bond acceptors (Lipinski definition) is 4. The first-order chi connectivity index (χ1) is 13.2. The van der Waals surface area contributed by atoms with Crippen LogP contribution in [0.4, 0.5) is 0 Å². The van der Waals surface area contributed by atoms with Crippen molar-refractivity contribution in [1.82, 2.24) is 19.4 Å². The van der Waals surface area contributed by atoms with E-state index >= 15 is 0 Å². The smallest absolute Gasteiger partial charge is 0.272 e. The lowest BCUT2D eigenvalue weighted by atomic mass is 10.1. The summed E-state index contributed by atoms with van der Waals surface area (Å²) in [6.45, 7) is 3.75. The average Bonchev–Trinajstić information content (AvgIpc) is 3.17. The predicted molar refractivity (Wildman–Crippen MR) is 102 cm³/mol. The molecule has 6 nitrogen and oxygen atoms in total. The molecule has 138 valence electrons. The maximum Gasteiger partial charge on any atom is 0.272 e. The van der Waals surface area contributed by atoms with Gasteiger partial charge in [-0.15, -0.1) is 0 Å². The second-order valence-corrected chi connectivity index (χ2v) is 6.77. The van der Waals surface area contributed by atoms with Crippen LogP contribution in [-0.2, 0) is 6.54 Å². The molecule has 27 heavy (non-hydrogen) atoms. The molecule has 0 aliphatic carbocycles. The maximum absolute atomic E-state index is 12.9. The highest BCUT2D eigenvalue weighted by atomic mass is 16.5. The van der Waals surface area contributed by atoms with Gasteiger partial charge in [-0.3, -0.25) is 9.78 Å². The molecular weight excluding hydrogens is 340 g/mol. The minimum Gasteiger partial charge on any atom is -0.478 e. The molecule has 3 aromatic heterocycles. The van der Waals surface area contributed by atoms with E-state index in [1.807, 2.05) is 48.2 Å². The van der Waals surface area contributed by atoms with Crippen molar-refractivity contribution in [3.63, 3.8) is 0 Å². The molecule has 0 spiro atoms. The summed E-state index contributed by atoms with van der Waals surface area (Å²) in [7, 11) is 0. The molecule has 0 N–H and O–H groups in total. The predicted octanol–water partition coefficient (Wildman–Crippen LogP) is 3.25. The molecule has 0 fully saturated rings. The van der Waals surface area contributed by atoms with Gasteiger partial charge in [0, 0.05) is 43.3 Å². The molecule has 1 amide bonds. The van der Waals surface area contributed by atoms with Crippen LogP contribution in [0.5, 0.6) is 5.88 Å². The lowest BCUT2D eigenvalue weighted by Crippen LogP contribution is -2.41. The third-order valence-corrected chi connectivity index (χ3v) is 4.80. The standard InChI is InChI=1S/C21H22N4O2/c1-16-7-10-22-19(13-16)21(26)24-14-17-5-4-11-25(17)18(15-24)8-12-27-20-6-2-3-9-23-20/h2-7,9-11,13,18H,8,12,14-15H2,1H3. The monoisotopic (exact) mass is 362 g/mol. The average molecular weight is 362 g/mol. The van der Waals surface area contributed by atoms with Gasteiger partial charge in [-0.05, 0) is 42.8 Å². The number of ether oxygens (including phenoxy) is 1. The van der Waals surface area contributed by atoms with E-state index in [2.05, 4.69) is 26.8 Å². The number of hydrogen-bond donors (Lipinski definition) is 0. The Morgan fingerprint density at radius 2 is 2.11 bits per heavy atom. The van der Waals surface area contributed by atoms with Crippen LogP contribution in [-0.4, -0.2) is 38.5 Å². The molecule has 0 radical (unpaired) electrons. The van der Waals surface area contributed by atoms with Crippen LogP contribution in [0.3, 0.4) is 0 Å². The first kappa shape index (κ1) is 17.3. The molecule has 1 aliphatic heterocycles. The summed E-state index contributed by atoms with van der Waals surface area (Å²) in [5, 5.41) is 0. The van der Waals surface area contributed by atoms with Gasteiger partial charge < -0.3 is 14.2 Å². The zero-order chi connectivity index (χ0) is 18.6. The topological polar surface area (TPSA) is 60.2 Å². The fourth-order valence-corrected chi connectivity index (χ4v) is 3.45. The van der Waals surface area contributed by atoms with Crippen LogP contribution in [0.25, 0.3) is 0 Å². The number of rotatable bonds is 5. The van der Waals surface area contributed by atoms with Gasteiger partial charge in [-0.2, -0.15) is 0 Å². The first-order valence-corrected chi connectivity index (χ1v) is 9.12. The number of fused-ring (bicyclic) bond motifs is 1. The van der Waals surface area contributed by atoms with Crippen LogP contribution < -0.4 is 4.74 Å². The fourth-order valence-electron chi connectivity index (χ4n) is 3.45. The van der Waals surface area contributed by atoms with Crippen molar-refractivity contribution >= 4 is 5.91 Å². The lowest BCUT2D eigenvalue weighted by Gasteiger charge is -2.35. The molecule has 0 bridgehead atoms. The minimum absolute atomic E-state index is 0.0261. The van der Waals surface area contributed by atoms with Crippen molar-refractivity contribution < 1.29 is 9.53 Å². The van der Waals surface area contributed by atoms with E-state index in [9.17, 15) is 4.79 Å². The van der Waals surface area contributed by atoms with E-state index in [4.69, 9.17) is 4.74 Å². The van der Waals surface area contributed by atoms with Gasteiger partial charge in [0.25, 0.3) is 5.91 Å². The largest absolute Gasteiger partial charge is 0.478 e. The van der Waals surface area contributed by atoms with Gasteiger partial charge in [0.05, 0.1) is 19.2 Å².